The van der Waals surface area contributed by atoms with Crippen molar-refractivity contribution in [3.05, 3.63) is 54.0 Å². The zero-order valence-electron chi connectivity index (χ0n) is 15.5. The molecule has 1 atom stereocenters. The first-order chi connectivity index (χ1) is 12.9. The van der Waals surface area contributed by atoms with Gasteiger partial charge in [0.15, 0.2) is 6.29 Å². The molecule has 1 heterocycles. The fraction of sp³-hybridized carbons (Fsp3) is 0.389. The zero-order valence-corrected chi connectivity index (χ0v) is 16.3. The molecule has 0 aliphatic heterocycles. The van der Waals surface area contributed by atoms with Crippen LogP contribution in [0.1, 0.15) is 23.8 Å². The molecular weight excluding hydrogens is 372 g/mol. The Hall–Kier alpha value is -2.20. The maximum Gasteiger partial charge on any atom is 0.241 e. The summed E-state index contributed by atoms with van der Waals surface area (Å²) in [6, 6.07) is 8.83. The number of carbonyl (C=O) groups excluding carboxylic acids is 1. The van der Waals surface area contributed by atoms with Gasteiger partial charge in [-0.1, -0.05) is 17.7 Å². The second kappa shape index (κ2) is 9.65. The Morgan fingerprint density at radius 2 is 1.81 bits per heavy atom. The summed E-state index contributed by atoms with van der Waals surface area (Å²) in [5.41, 5.74) is 0.946. The van der Waals surface area contributed by atoms with Crippen molar-refractivity contribution < 1.29 is 27.1 Å². The van der Waals surface area contributed by atoms with Gasteiger partial charge in [-0.25, -0.2) is 8.42 Å². The van der Waals surface area contributed by atoms with Crippen LogP contribution in [0.4, 0.5) is 0 Å². The largest absolute Gasteiger partial charge is 0.468 e. The number of rotatable bonds is 10. The second-order valence-electron chi connectivity index (χ2n) is 5.91. The van der Waals surface area contributed by atoms with E-state index in [-0.39, 0.29) is 23.8 Å². The average Bonchev–Trinajstić information content (AvgIpc) is 3.17. The molecule has 0 saturated carbocycles. The highest BCUT2D eigenvalue weighted by atomic mass is 32.2. The molecule has 27 heavy (non-hydrogen) atoms. The molecule has 0 bridgehead atoms. The lowest BCUT2D eigenvalue weighted by atomic mass is 10.1. The molecule has 0 aliphatic carbocycles. The Balaban J connectivity index is 2.11. The SMILES string of the molecule is COC(CNC(=O)C[C@H](NS(=O)(=O)c1ccc(C)cc1)c1ccco1)OC. The van der Waals surface area contributed by atoms with Gasteiger partial charge >= 0.3 is 0 Å². The third kappa shape index (κ3) is 6.17. The van der Waals surface area contributed by atoms with Crippen LogP contribution in [0, 0.1) is 6.92 Å². The molecule has 2 aromatic rings. The highest BCUT2D eigenvalue weighted by Crippen LogP contribution is 2.21. The molecule has 0 aliphatic rings. The highest BCUT2D eigenvalue weighted by molar-refractivity contribution is 7.89. The number of hydrogen-bond donors (Lipinski definition) is 2. The normalized spacial score (nSPS) is 12.9. The molecule has 8 nitrogen and oxygen atoms in total. The van der Waals surface area contributed by atoms with Gasteiger partial charge in [-0.15, -0.1) is 0 Å². The third-order valence-corrected chi connectivity index (χ3v) is 5.38. The first-order valence-corrected chi connectivity index (χ1v) is 9.78. The summed E-state index contributed by atoms with van der Waals surface area (Å²) in [5, 5.41) is 2.64. The summed E-state index contributed by atoms with van der Waals surface area (Å²) in [4.78, 5) is 12.4. The lowest BCUT2D eigenvalue weighted by Gasteiger charge is -2.18. The fourth-order valence-electron chi connectivity index (χ4n) is 2.38. The molecule has 0 fully saturated rings. The molecule has 1 amide bonds. The first kappa shape index (κ1) is 21.1. The van der Waals surface area contributed by atoms with Crippen LogP contribution in [0.3, 0.4) is 0 Å². The summed E-state index contributed by atoms with van der Waals surface area (Å²) in [7, 11) is -0.908. The average molecular weight is 396 g/mol. The predicted molar refractivity (Wildman–Crippen MR) is 98.4 cm³/mol. The van der Waals surface area contributed by atoms with Crippen molar-refractivity contribution in [3.63, 3.8) is 0 Å². The summed E-state index contributed by atoms with van der Waals surface area (Å²) in [6.45, 7) is 2.01. The number of aryl methyl sites for hydroxylation is 1. The van der Waals surface area contributed by atoms with Crippen molar-refractivity contribution in [1.82, 2.24) is 10.0 Å². The number of sulfonamides is 1. The van der Waals surface area contributed by atoms with E-state index in [2.05, 4.69) is 10.0 Å². The van der Waals surface area contributed by atoms with Crippen molar-refractivity contribution in [2.24, 2.45) is 0 Å². The van der Waals surface area contributed by atoms with Gasteiger partial charge in [0, 0.05) is 14.2 Å². The fourth-order valence-corrected chi connectivity index (χ4v) is 3.58. The van der Waals surface area contributed by atoms with Crippen LogP contribution < -0.4 is 10.0 Å². The molecular formula is C18H24N2O6S. The van der Waals surface area contributed by atoms with E-state index >= 15 is 0 Å². The molecule has 1 aromatic carbocycles. The van der Waals surface area contributed by atoms with Crippen LogP contribution in [0.2, 0.25) is 0 Å². The van der Waals surface area contributed by atoms with Gasteiger partial charge in [0.1, 0.15) is 5.76 Å². The number of amides is 1. The molecule has 9 heteroatoms. The molecule has 1 aromatic heterocycles. The third-order valence-electron chi connectivity index (χ3n) is 3.90. The van der Waals surface area contributed by atoms with E-state index in [1.165, 1.54) is 32.6 Å². The smallest absolute Gasteiger partial charge is 0.241 e. The van der Waals surface area contributed by atoms with E-state index in [0.717, 1.165) is 5.56 Å². The van der Waals surface area contributed by atoms with Crippen LogP contribution in [0.25, 0.3) is 0 Å². The lowest BCUT2D eigenvalue weighted by molar-refractivity contribution is -0.127. The molecule has 0 saturated heterocycles. The molecule has 148 valence electrons. The zero-order chi connectivity index (χ0) is 19.9. The number of ether oxygens (including phenoxy) is 2. The van der Waals surface area contributed by atoms with Crippen molar-refractivity contribution in [2.75, 3.05) is 20.8 Å². The molecule has 2 N–H and O–H groups in total. The lowest BCUT2D eigenvalue weighted by Crippen LogP contribution is -2.37. The van der Waals surface area contributed by atoms with Crippen molar-refractivity contribution in [1.29, 1.82) is 0 Å². The van der Waals surface area contributed by atoms with Gasteiger partial charge < -0.3 is 19.2 Å². The Morgan fingerprint density at radius 3 is 2.37 bits per heavy atom. The van der Waals surface area contributed by atoms with Crippen LogP contribution in [-0.4, -0.2) is 41.4 Å². The quantitative estimate of drug-likeness (QED) is 0.593. The Morgan fingerprint density at radius 1 is 1.15 bits per heavy atom. The van der Waals surface area contributed by atoms with Crippen molar-refractivity contribution in [3.8, 4) is 0 Å². The van der Waals surface area contributed by atoms with E-state index in [4.69, 9.17) is 13.9 Å². The number of benzene rings is 1. The summed E-state index contributed by atoms with van der Waals surface area (Å²) < 4.78 is 43.2. The van der Waals surface area contributed by atoms with Crippen LogP contribution in [-0.2, 0) is 24.3 Å². The monoisotopic (exact) mass is 396 g/mol. The van der Waals surface area contributed by atoms with E-state index < -0.39 is 22.4 Å². The number of methoxy groups -OCH3 is 2. The van der Waals surface area contributed by atoms with Gasteiger partial charge in [0.25, 0.3) is 0 Å². The van der Waals surface area contributed by atoms with E-state index in [9.17, 15) is 13.2 Å². The van der Waals surface area contributed by atoms with E-state index in [1.807, 2.05) is 6.92 Å². The van der Waals surface area contributed by atoms with Gasteiger partial charge in [-0.2, -0.15) is 4.72 Å². The molecule has 2 rings (SSSR count). The predicted octanol–water partition coefficient (Wildman–Crippen LogP) is 1.73. The minimum atomic E-state index is -3.83. The van der Waals surface area contributed by atoms with E-state index in [1.54, 1.807) is 24.3 Å². The molecule has 0 unspecified atom stereocenters. The summed E-state index contributed by atoms with van der Waals surface area (Å²) in [5.74, 6) is -0.0297. The van der Waals surface area contributed by atoms with Gasteiger partial charge in [-0.05, 0) is 31.2 Å². The number of hydrogen-bond acceptors (Lipinski definition) is 6. The molecule has 0 spiro atoms. The Labute approximate surface area is 158 Å². The van der Waals surface area contributed by atoms with E-state index in [0.29, 0.717) is 5.76 Å². The number of carbonyl (C=O) groups is 1. The van der Waals surface area contributed by atoms with Crippen LogP contribution in [0.15, 0.2) is 52.0 Å². The Kier molecular flexibility index (Phi) is 7.55. The molecule has 0 radical (unpaired) electrons. The summed E-state index contributed by atoms with van der Waals surface area (Å²) in [6.07, 6.45) is 0.700. The van der Waals surface area contributed by atoms with Crippen LogP contribution >= 0.6 is 0 Å². The van der Waals surface area contributed by atoms with Crippen molar-refractivity contribution in [2.45, 2.75) is 30.6 Å². The second-order valence-corrected chi connectivity index (χ2v) is 7.63. The summed E-state index contributed by atoms with van der Waals surface area (Å²) >= 11 is 0. The van der Waals surface area contributed by atoms with Crippen molar-refractivity contribution >= 4 is 15.9 Å². The standard InChI is InChI=1S/C18H24N2O6S/c1-13-6-8-14(9-7-13)27(22,23)20-15(16-5-4-10-26-16)11-17(21)19-12-18(24-2)25-3/h4-10,15,18,20H,11-12H2,1-3H3,(H,19,21)/t15-/m0/s1. The minimum Gasteiger partial charge on any atom is -0.468 e. The van der Waals surface area contributed by atoms with Gasteiger partial charge in [0.05, 0.1) is 30.2 Å². The van der Waals surface area contributed by atoms with Gasteiger partial charge in [0.2, 0.25) is 15.9 Å². The Bertz CT molecular complexity index is 814. The number of nitrogens with one attached hydrogen (secondary N) is 2. The first-order valence-electron chi connectivity index (χ1n) is 8.30. The topological polar surface area (TPSA) is 107 Å². The highest BCUT2D eigenvalue weighted by Gasteiger charge is 2.25. The van der Waals surface area contributed by atoms with Gasteiger partial charge in [-0.3, -0.25) is 4.79 Å². The minimum absolute atomic E-state index is 0.115. The van der Waals surface area contributed by atoms with Crippen LogP contribution in [0.5, 0.6) is 0 Å². The maximum atomic E-state index is 12.7. The maximum absolute atomic E-state index is 12.7. The number of furan rings is 1.